The topological polar surface area (TPSA) is 156 Å². The number of nitrogens with zero attached hydrogens (tertiary/aromatic N) is 7. The highest BCUT2D eigenvalue weighted by Crippen LogP contribution is 2.38. The van der Waals surface area contributed by atoms with E-state index in [9.17, 15) is 8.42 Å². The van der Waals surface area contributed by atoms with E-state index < -0.39 is 15.3 Å². The molecule has 5 rings (SSSR count). The number of hydrogen-bond donors (Lipinski definition) is 1. The molecule has 1 aliphatic rings. The molecule has 0 radical (unpaired) electrons. The highest BCUT2D eigenvalue weighted by atomic mass is 32.2. The number of nitrogens with two attached hydrogens (primary N) is 1. The third-order valence-electron chi connectivity index (χ3n) is 6.81. The van der Waals surface area contributed by atoms with Crippen LogP contribution in [-0.2, 0) is 15.3 Å². The first kappa shape index (κ1) is 23.1. The maximum Gasteiger partial charge on any atom is 0.261 e. The normalized spacial score (nSPS) is 19.1. The Balaban J connectivity index is 1.42. The average molecular weight is 495 g/mol. The van der Waals surface area contributed by atoms with Crippen molar-refractivity contribution in [3.63, 3.8) is 0 Å². The summed E-state index contributed by atoms with van der Waals surface area (Å²) in [7, 11) is -3.01. The third kappa shape index (κ3) is 4.29. The summed E-state index contributed by atoms with van der Waals surface area (Å²) < 4.78 is 30.9. The second kappa shape index (κ2) is 8.52. The van der Waals surface area contributed by atoms with Gasteiger partial charge in [-0.1, -0.05) is 25.1 Å². The van der Waals surface area contributed by atoms with Gasteiger partial charge in [-0.3, -0.25) is 9.67 Å². The van der Waals surface area contributed by atoms with Crippen LogP contribution in [0.4, 0.5) is 5.95 Å². The Hall–Kier alpha value is -3.67. The number of sulfone groups is 1. The summed E-state index contributed by atoms with van der Waals surface area (Å²) in [6.07, 6.45) is 9.02. The summed E-state index contributed by atoms with van der Waals surface area (Å²) in [4.78, 5) is 17.4. The quantitative estimate of drug-likeness (QED) is 0.423. The number of rotatable bonds is 6. The number of aromatic nitrogens is 7. The molecule has 5 heterocycles. The van der Waals surface area contributed by atoms with E-state index in [-0.39, 0.29) is 29.4 Å². The lowest BCUT2D eigenvalue weighted by Crippen LogP contribution is -2.31. The van der Waals surface area contributed by atoms with Crippen LogP contribution in [-0.4, -0.2) is 54.8 Å². The molecule has 0 aromatic carbocycles. The molecule has 1 unspecified atom stereocenters. The van der Waals surface area contributed by atoms with Crippen LogP contribution in [0.2, 0.25) is 0 Å². The summed E-state index contributed by atoms with van der Waals surface area (Å²) in [5.74, 6) is 1.49. The van der Waals surface area contributed by atoms with Crippen LogP contribution in [0.15, 0.2) is 47.6 Å². The van der Waals surface area contributed by atoms with Crippen molar-refractivity contribution >= 4 is 15.8 Å². The Labute approximate surface area is 202 Å². The summed E-state index contributed by atoms with van der Waals surface area (Å²) >= 11 is 0. The molecule has 1 saturated heterocycles. The van der Waals surface area contributed by atoms with Crippen molar-refractivity contribution in [3.8, 4) is 22.7 Å². The largest absolute Gasteiger partial charge is 0.368 e. The second-order valence-electron chi connectivity index (χ2n) is 9.31. The number of nitrogen functional groups attached to an aromatic ring is 1. The van der Waals surface area contributed by atoms with Crippen molar-refractivity contribution in [1.82, 2.24) is 34.9 Å². The maximum absolute atomic E-state index is 11.8. The van der Waals surface area contributed by atoms with Crippen molar-refractivity contribution < 1.29 is 12.9 Å². The van der Waals surface area contributed by atoms with Gasteiger partial charge in [-0.25, -0.2) is 18.4 Å². The van der Waals surface area contributed by atoms with Crippen molar-refractivity contribution in [2.45, 2.75) is 38.6 Å². The first-order valence-corrected chi connectivity index (χ1v) is 13.1. The van der Waals surface area contributed by atoms with E-state index in [1.165, 1.54) is 0 Å². The first-order chi connectivity index (χ1) is 16.7. The Morgan fingerprint density at radius 3 is 2.51 bits per heavy atom. The van der Waals surface area contributed by atoms with Crippen molar-refractivity contribution in [2.75, 3.05) is 17.2 Å². The lowest BCUT2D eigenvalue weighted by molar-refractivity contribution is 0.350. The van der Waals surface area contributed by atoms with E-state index in [0.29, 0.717) is 23.7 Å². The second-order valence-corrected chi connectivity index (χ2v) is 11.5. The fourth-order valence-corrected chi connectivity index (χ4v) is 5.95. The van der Waals surface area contributed by atoms with Crippen LogP contribution in [0.3, 0.4) is 0 Å². The highest BCUT2D eigenvalue weighted by molar-refractivity contribution is 7.91. The maximum atomic E-state index is 11.8. The van der Waals surface area contributed by atoms with Crippen LogP contribution >= 0.6 is 0 Å². The molecule has 2 atom stereocenters. The minimum absolute atomic E-state index is 0.0973. The Bertz CT molecular complexity index is 1440. The fourth-order valence-electron chi connectivity index (χ4n) is 4.25. The Morgan fingerprint density at radius 2 is 1.89 bits per heavy atom. The van der Waals surface area contributed by atoms with Gasteiger partial charge in [0.05, 0.1) is 40.4 Å². The van der Waals surface area contributed by atoms with Crippen LogP contribution in [0.25, 0.3) is 22.7 Å². The number of anilines is 1. The molecule has 0 saturated carbocycles. The monoisotopic (exact) mass is 494 g/mol. The predicted octanol–water partition coefficient (Wildman–Crippen LogP) is 2.69. The molecule has 12 heteroatoms. The van der Waals surface area contributed by atoms with Crippen molar-refractivity contribution in [1.29, 1.82) is 0 Å². The summed E-state index contributed by atoms with van der Waals surface area (Å²) in [6, 6.07) is 3.73. The van der Waals surface area contributed by atoms with E-state index in [2.05, 4.69) is 46.0 Å². The molecule has 4 aromatic rings. The van der Waals surface area contributed by atoms with Crippen LogP contribution in [0, 0.1) is 5.92 Å². The van der Waals surface area contributed by atoms with E-state index in [1.807, 2.05) is 12.1 Å². The molecule has 11 nitrogen and oxygen atoms in total. The lowest BCUT2D eigenvalue weighted by Gasteiger charge is -2.30. The molecular formula is C23H26N8O3S. The highest BCUT2D eigenvalue weighted by Gasteiger charge is 2.38. The Morgan fingerprint density at radius 1 is 1.11 bits per heavy atom. The van der Waals surface area contributed by atoms with E-state index in [4.69, 9.17) is 15.2 Å². The van der Waals surface area contributed by atoms with Gasteiger partial charge in [-0.2, -0.15) is 10.1 Å². The zero-order chi connectivity index (χ0) is 24.8. The van der Waals surface area contributed by atoms with Crippen molar-refractivity contribution in [3.05, 3.63) is 54.5 Å². The van der Waals surface area contributed by atoms with Gasteiger partial charge in [-0.15, -0.1) is 0 Å². The molecule has 182 valence electrons. The molecule has 0 spiro atoms. The molecule has 4 aromatic heterocycles. The third-order valence-corrected chi connectivity index (χ3v) is 8.56. The van der Waals surface area contributed by atoms with E-state index >= 15 is 0 Å². The summed E-state index contributed by atoms with van der Waals surface area (Å²) in [6.45, 7) is 6.24. The zero-order valence-electron chi connectivity index (χ0n) is 19.7. The molecule has 1 fully saturated rings. The SMILES string of the molecule is CC(C)[C@@](C)(c1ccc(-c2cnc(N)nc2)nc1)c1noc(-c2cnn(C3CCS(=O)(=O)C3)c2)n1. The van der Waals surface area contributed by atoms with E-state index in [1.54, 1.807) is 35.7 Å². The minimum Gasteiger partial charge on any atom is -0.368 e. The van der Waals surface area contributed by atoms with Gasteiger partial charge >= 0.3 is 0 Å². The molecular weight excluding hydrogens is 468 g/mol. The van der Waals surface area contributed by atoms with Gasteiger partial charge in [0.25, 0.3) is 5.89 Å². The molecule has 35 heavy (non-hydrogen) atoms. The average Bonchev–Trinajstić information content (AvgIpc) is 3.58. The van der Waals surface area contributed by atoms with Gasteiger partial charge in [0.2, 0.25) is 5.95 Å². The number of pyridine rings is 1. The molecule has 0 aliphatic carbocycles. The molecule has 0 amide bonds. The summed E-state index contributed by atoms with van der Waals surface area (Å²) in [5, 5.41) is 8.65. The molecule has 2 N–H and O–H groups in total. The standard InChI is InChI=1S/C23H26N8O3S/c1-14(2)23(3,17-4-5-19(25-11-17)15-8-26-22(24)27-9-15)21-29-20(34-30-21)16-10-28-31(12-16)18-6-7-35(32,33)13-18/h4-5,8-12,14,18H,6-7,13H2,1-3H3,(H2,24,26,27)/t18?,23-/m0/s1. The van der Waals surface area contributed by atoms with E-state index in [0.717, 1.165) is 16.8 Å². The van der Waals surface area contributed by atoms with Gasteiger partial charge in [-0.05, 0) is 30.9 Å². The van der Waals surface area contributed by atoms with Crippen molar-refractivity contribution in [2.24, 2.45) is 5.92 Å². The van der Waals surface area contributed by atoms with Gasteiger partial charge in [0.15, 0.2) is 15.7 Å². The minimum atomic E-state index is -3.01. The van der Waals surface area contributed by atoms with Gasteiger partial charge in [0.1, 0.15) is 0 Å². The number of hydrogen-bond acceptors (Lipinski definition) is 10. The Kier molecular flexibility index (Phi) is 5.62. The van der Waals surface area contributed by atoms with Crippen LogP contribution in [0.5, 0.6) is 0 Å². The molecule has 0 bridgehead atoms. The first-order valence-electron chi connectivity index (χ1n) is 11.3. The van der Waals surface area contributed by atoms with Gasteiger partial charge < -0.3 is 10.3 Å². The van der Waals surface area contributed by atoms with Crippen LogP contribution in [0.1, 0.15) is 44.6 Å². The van der Waals surface area contributed by atoms with Gasteiger partial charge in [0, 0.05) is 30.4 Å². The predicted molar refractivity (Wildman–Crippen MR) is 129 cm³/mol. The summed E-state index contributed by atoms with van der Waals surface area (Å²) in [5.41, 5.74) is 8.09. The lowest BCUT2D eigenvalue weighted by atomic mass is 9.73. The zero-order valence-corrected chi connectivity index (χ0v) is 20.5. The fraction of sp³-hybridized carbons (Fsp3) is 0.391. The molecule has 1 aliphatic heterocycles. The smallest absolute Gasteiger partial charge is 0.261 e. The van der Waals surface area contributed by atoms with Crippen LogP contribution < -0.4 is 5.73 Å².